The molecular formula is C12H9N3O3. The first-order valence-electron chi connectivity index (χ1n) is 5.26. The van der Waals surface area contributed by atoms with Gasteiger partial charge in [-0.15, -0.1) is 0 Å². The van der Waals surface area contributed by atoms with E-state index < -0.39 is 5.97 Å². The summed E-state index contributed by atoms with van der Waals surface area (Å²) in [5, 5.41) is 14.3. The zero-order chi connectivity index (χ0) is 12.7. The normalized spacial score (nSPS) is 10.9. The van der Waals surface area contributed by atoms with Crippen molar-refractivity contribution in [2.24, 2.45) is 0 Å². The molecule has 3 rings (SSSR count). The highest BCUT2D eigenvalue weighted by molar-refractivity contribution is 6.09. The molecule has 0 bridgehead atoms. The molecule has 0 fully saturated rings. The van der Waals surface area contributed by atoms with Crippen LogP contribution in [0.3, 0.4) is 0 Å². The monoisotopic (exact) mass is 243 g/mol. The predicted molar refractivity (Wildman–Crippen MR) is 63.5 cm³/mol. The Labute approximate surface area is 101 Å². The number of rotatable bonds is 1. The average Bonchev–Trinajstić information content (AvgIpc) is 2.75. The Morgan fingerprint density at radius 3 is 3.00 bits per heavy atom. The van der Waals surface area contributed by atoms with Gasteiger partial charge >= 0.3 is 5.97 Å². The highest BCUT2D eigenvalue weighted by atomic mass is 16.5. The van der Waals surface area contributed by atoms with E-state index >= 15 is 0 Å². The molecular weight excluding hydrogens is 234 g/mol. The number of fused-ring (bicyclic) bond motifs is 3. The Morgan fingerprint density at radius 1 is 1.39 bits per heavy atom. The minimum atomic E-state index is -0.458. The molecule has 6 heteroatoms. The summed E-state index contributed by atoms with van der Waals surface area (Å²) in [6, 6.07) is 6.56. The van der Waals surface area contributed by atoms with Gasteiger partial charge in [-0.1, -0.05) is 6.07 Å². The molecule has 0 saturated heterocycles. The lowest BCUT2D eigenvalue weighted by atomic mass is 10.1. The summed E-state index contributed by atoms with van der Waals surface area (Å²) in [5.74, 6) is -0.579. The molecule has 0 radical (unpaired) electrons. The molecule has 2 heterocycles. The topological polar surface area (TPSA) is 76.7 Å². The quantitative estimate of drug-likeness (QED) is 0.653. The van der Waals surface area contributed by atoms with E-state index in [1.165, 1.54) is 17.7 Å². The Kier molecular flexibility index (Phi) is 2.16. The van der Waals surface area contributed by atoms with Crippen molar-refractivity contribution >= 4 is 22.5 Å². The zero-order valence-corrected chi connectivity index (χ0v) is 9.49. The molecule has 0 aliphatic heterocycles. The lowest BCUT2D eigenvalue weighted by Crippen LogP contribution is -2.01. The minimum Gasteiger partial charge on any atom is -0.493 e. The van der Waals surface area contributed by atoms with Crippen LogP contribution in [-0.4, -0.2) is 32.8 Å². The third-order valence-electron chi connectivity index (χ3n) is 2.69. The van der Waals surface area contributed by atoms with Gasteiger partial charge in [0.2, 0.25) is 5.88 Å². The third kappa shape index (κ3) is 1.39. The van der Waals surface area contributed by atoms with Crippen LogP contribution in [-0.2, 0) is 4.74 Å². The third-order valence-corrected chi connectivity index (χ3v) is 2.69. The van der Waals surface area contributed by atoms with E-state index in [0.717, 1.165) is 0 Å². The Hall–Kier alpha value is -2.63. The number of aromatic hydroxyl groups is 1. The van der Waals surface area contributed by atoms with Gasteiger partial charge in [0.25, 0.3) is 0 Å². The van der Waals surface area contributed by atoms with Crippen molar-refractivity contribution in [1.29, 1.82) is 0 Å². The van der Waals surface area contributed by atoms with Crippen LogP contribution in [0.1, 0.15) is 10.4 Å². The van der Waals surface area contributed by atoms with Crippen LogP contribution in [0.5, 0.6) is 5.88 Å². The maximum absolute atomic E-state index is 11.7. The van der Waals surface area contributed by atoms with E-state index in [-0.39, 0.29) is 5.88 Å². The van der Waals surface area contributed by atoms with Gasteiger partial charge in [0.15, 0.2) is 5.65 Å². The van der Waals surface area contributed by atoms with E-state index in [1.54, 1.807) is 24.4 Å². The highest BCUT2D eigenvalue weighted by Gasteiger charge is 2.16. The van der Waals surface area contributed by atoms with E-state index in [4.69, 9.17) is 4.74 Å². The largest absolute Gasteiger partial charge is 0.493 e. The number of carbonyl (C=O) groups excluding carboxylic acids is 1. The van der Waals surface area contributed by atoms with Gasteiger partial charge in [-0.3, -0.25) is 0 Å². The molecule has 0 amide bonds. The van der Waals surface area contributed by atoms with E-state index in [2.05, 4.69) is 10.1 Å². The van der Waals surface area contributed by atoms with Crippen LogP contribution in [0.25, 0.3) is 16.6 Å². The standard InChI is InChI=1S/C12H9N3O3/c1-18-12(17)7-3-2-4-8-10(7)11-13-9(16)5-6-15(11)14-8/h2-6H,1H3,(H,13,16). The van der Waals surface area contributed by atoms with Gasteiger partial charge in [0, 0.05) is 12.3 Å². The van der Waals surface area contributed by atoms with Gasteiger partial charge in [-0.25, -0.2) is 9.31 Å². The van der Waals surface area contributed by atoms with Crippen molar-refractivity contribution in [3.8, 4) is 5.88 Å². The van der Waals surface area contributed by atoms with Crippen molar-refractivity contribution < 1.29 is 14.6 Å². The summed E-state index contributed by atoms with van der Waals surface area (Å²) in [5.41, 5.74) is 1.42. The summed E-state index contributed by atoms with van der Waals surface area (Å²) in [7, 11) is 1.32. The fourth-order valence-electron chi connectivity index (χ4n) is 1.91. The number of hydrogen-bond acceptors (Lipinski definition) is 5. The molecule has 0 saturated carbocycles. The molecule has 0 aliphatic rings. The number of aromatic nitrogens is 3. The molecule has 0 atom stereocenters. The second-order valence-corrected chi connectivity index (χ2v) is 3.75. The lowest BCUT2D eigenvalue weighted by Gasteiger charge is -2.00. The predicted octanol–water partition coefficient (Wildman–Crippen LogP) is 1.37. The van der Waals surface area contributed by atoms with Crippen molar-refractivity contribution in [2.75, 3.05) is 7.11 Å². The number of ether oxygens (including phenoxy) is 1. The van der Waals surface area contributed by atoms with E-state index in [1.807, 2.05) is 0 Å². The van der Waals surface area contributed by atoms with Crippen LogP contribution in [0.2, 0.25) is 0 Å². The molecule has 2 aromatic heterocycles. The number of hydrogen-bond donors (Lipinski definition) is 1. The summed E-state index contributed by atoms with van der Waals surface area (Å²) in [6.07, 6.45) is 1.58. The number of methoxy groups -OCH3 is 1. The molecule has 1 N–H and O–H groups in total. The van der Waals surface area contributed by atoms with Gasteiger partial charge < -0.3 is 9.84 Å². The van der Waals surface area contributed by atoms with Crippen LogP contribution in [0.4, 0.5) is 0 Å². The van der Waals surface area contributed by atoms with Crippen LogP contribution in [0.15, 0.2) is 30.5 Å². The van der Waals surface area contributed by atoms with Crippen LogP contribution < -0.4 is 0 Å². The molecule has 0 unspecified atom stereocenters. The van der Waals surface area contributed by atoms with Crippen LogP contribution in [0, 0.1) is 0 Å². The summed E-state index contributed by atoms with van der Waals surface area (Å²) >= 11 is 0. The fraction of sp³-hybridized carbons (Fsp3) is 0.0833. The lowest BCUT2D eigenvalue weighted by molar-refractivity contribution is 0.0603. The van der Waals surface area contributed by atoms with E-state index in [9.17, 15) is 9.90 Å². The summed E-state index contributed by atoms with van der Waals surface area (Å²) < 4.78 is 6.24. The molecule has 6 nitrogen and oxygen atoms in total. The van der Waals surface area contributed by atoms with Crippen molar-refractivity contribution in [1.82, 2.24) is 14.6 Å². The van der Waals surface area contributed by atoms with E-state index in [0.29, 0.717) is 22.1 Å². The zero-order valence-electron chi connectivity index (χ0n) is 9.49. The fourth-order valence-corrected chi connectivity index (χ4v) is 1.91. The van der Waals surface area contributed by atoms with Crippen molar-refractivity contribution in [2.45, 2.75) is 0 Å². The highest BCUT2D eigenvalue weighted by Crippen LogP contribution is 2.24. The second-order valence-electron chi connectivity index (χ2n) is 3.75. The molecule has 1 aromatic carbocycles. The van der Waals surface area contributed by atoms with Gasteiger partial charge in [-0.05, 0) is 12.1 Å². The number of carbonyl (C=O) groups is 1. The molecule has 0 aliphatic carbocycles. The Morgan fingerprint density at radius 2 is 2.22 bits per heavy atom. The first-order valence-corrected chi connectivity index (χ1v) is 5.26. The smallest absolute Gasteiger partial charge is 0.338 e. The van der Waals surface area contributed by atoms with Crippen LogP contribution >= 0.6 is 0 Å². The first kappa shape index (κ1) is 10.5. The average molecular weight is 243 g/mol. The number of benzene rings is 1. The summed E-state index contributed by atoms with van der Waals surface area (Å²) in [6.45, 7) is 0. The SMILES string of the molecule is COC(=O)c1cccc2nn3ccc(O)nc3c12. The number of esters is 1. The van der Waals surface area contributed by atoms with Gasteiger partial charge in [0.05, 0.1) is 23.6 Å². The van der Waals surface area contributed by atoms with Gasteiger partial charge in [0.1, 0.15) is 0 Å². The molecule has 18 heavy (non-hydrogen) atoms. The summed E-state index contributed by atoms with van der Waals surface area (Å²) in [4.78, 5) is 15.7. The van der Waals surface area contributed by atoms with Crippen molar-refractivity contribution in [3.63, 3.8) is 0 Å². The Bertz CT molecular complexity index is 764. The maximum atomic E-state index is 11.7. The molecule has 3 aromatic rings. The van der Waals surface area contributed by atoms with Gasteiger partial charge in [-0.2, -0.15) is 10.1 Å². The molecule has 90 valence electrons. The molecule has 0 spiro atoms. The first-order chi connectivity index (χ1) is 8.70. The Balaban J connectivity index is 2.47. The maximum Gasteiger partial charge on any atom is 0.338 e. The van der Waals surface area contributed by atoms with Crippen molar-refractivity contribution in [3.05, 3.63) is 36.0 Å². The number of nitrogens with zero attached hydrogens (tertiary/aromatic N) is 3. The minimum absolute atomic E-state index is 0.121. The second kappa shape index (κ2) is 3.69.